The monoisotopic (exact) mass is 247 g/mol. The molecule has 0 fully saturated rings. The molecule has 0 radical (unpaired) electrons. The topological polar surface area (TPSA) is 32.3 Å². The van der Waals surface area contributed by atoms with E-state index in [-0.39, 0.29) is 6.04 Å². The molecule has 0 aromatic heterocycles. The molecule has 2 heteroatoms. The normalized spacial score (nSPS) is 14.5. The van der Waals surface area contributed by atoms with Gasteiger partial charge in [0.2, 0.25) is 0 Å². The quantitative estimate of drug-likeness (QED) is 0.726. The molecule has 2 atom stereocenters. The van der Waals surface area contributed by atoms with Crippen LogP contribution in [0.4, 0.5) is 0 Å². The molecule has 0 bridgehead atoms. The van der Waals surface area contributed by atoms with Gasteiger partial charge in [0.15, 0.2) is 0 Å². The molecule has 2 unspecified atom stereocenters. The summed E-state index contributed by atoms with van der Waals surface area (Å²) in [5.74, 6) is 0.663. The Balaban J connectivity index is 2.53. The molecule has 0 aliphatic heterocycles. The molecule has 0 saturated heterocycles. The van der Waals surface area contributed by atoms with E-state index in [9.17, 15) is 5.11 Å². The molecule has 0 amide bonds. The second-order valence-corrected chi connectivity index (χ2v) is 5.29. The maximum Gasteiger partial charge on any atom is 0.0914 e. The first-order valence-electron chi connectivity index (χ1n) is 6.65. The van der Waals surface area contributed by atoms with E-state index in [1.165, 1.54) is 5.56 Å². The van der Waals surface area contributed by atoms with E-state index < -0.39 is 6.10 Å². The van der Waals surface area contributed by atoms with E-state index in [4.69, 9.17) is 0 Å². The minimum Gasteiger partial charge on any atom is -0.387 e. The molecule has 0 saturated carbocycles. The molecule has 1 aromatic carbocycles. The summed E-state index contributed by atoms with van der Waals surface area (Å²) in [7, 11) is 0. The zero-order valence-electron chi connectivity index (χ0n) is 11.7. The maximum absolute atomic E-state index is 10.0. The third-order valence-corrected chi connectivity index (χ3v) is 3.00. The molecular weight excluding hydrogens is 222 g/mol. The first-order chi connectivity index (χ1) is 8.52. The zero-order chi connectivity index (χ0) is 13.5. The molecule has 18 heavy (non-hydrogen) atoms. The van der Waals surface area contributed by atoms with Gasteiger partial charge in [0, 0.05) is 12.6 Å². The summed E-state index contributed by atoms with van der Waals surface area (Å²) in [6, 6.07) is 8.47. The molecular formula is C16H25NO. The molecule has 1 aromatic rings. The van der Waals surface area contributed by atoms with E-state index in [0.717, 1.165) is 12.0 Å². The van der Waals surface area contributed by atoms with Gasteiger partial charge < -0.3 is 10.4 Å². The minimum atomic E-state index is -0.458. The van der Waals surface area contributed by atoms with Crippen LogP contribution < -0.4 is 5.32 Å². The third kappa shape index (κ3) is 5.03. The molecule has 0 heterocycles. The molecule has 0 spiro atoms. The molecule has 1 rings (SSSR count). The smallest absolute Gasteiger partial charge is 0.0914 e. The zero-order valence-corrected chi connectivity index (χ0v) is 11.7. The molecule has 0 aliphatic rings. The van der Waals surface area contributed by atoms with Gasteiger partial charge in [-0.05, 0) is 30.4 Å². The van der Waals surface area contributed by atoms with E-state index in [1.54, 1.807) is 0 Å². The standard InChI is InChI=1S/C16H25NO/c1-5-13(4)17-11-16(18)15-8-6-14(7-9-15)10-12(2)3/h5-9,12-13,16-18H,1,10-11H2,2-4H3. The van der Waals surface area contributed by atoms with Crippen molar-refractivity contribution < 1.29 is 5.11 Å². The summed E-state index contributed by atoms with van der Waals surface area (Å²) in [6.45, 7) is 10.7. The van der Waals surface area contributed by atoms with Crippen LogP contribution in [-0.4, -0.2) is 17.7 Å². The second-order valence-electron chi connectivity index (χ2n) is 5.29. The van der Waals surface area contributed by atoms with Gasteiger partial charge in [-0.15, -0.1) is 6.58 Å². The van der Waals surface area contributed by atoms with Crippen molar-refractivity contribution in [3.63, 3.8) is 0 Å². The van der Waals surface area contributed by atoms with Crippen molar-refractivity contribution in [1.29, 1.82) is 0 Å². The molecule has 2 N–H and O–H groups in total. The van der Waals surface area contributed by atoms with Crippen molar-refractivity contribution in [2.75, 3.05) is 6.54 Å². The Hall–Kier alpha value is -1.12. The number of hydrogen-bond acceptors (Lipinski definition) is 2. The summed E-state index contributed by atoms with van der Waals surface area (Å²) in [6.07, 6.45) is 2.46. The lowest BCUT2D eigenvalue weighted by Gasteiger charge is -2.15. The van der Waals surface area contributed by atoms with Crippen molar-refractivity contribution in [1.82, 2.24) is 5.32 Å². The predicted octanol–water partition coefficient (Wildman–Crippen LogP) is 3.08. The maximum atomic E-state index is 10.0. The Bertz CT molecular complexity index is 356. The Kier molecular flexibility index (Phi) is 6.10. The Labute approximate surface area is 111 Å². The van der Waals surface area contributed by atoms with Crippen LogP contribution in [0.2, 0.25) is 0 Å². The summed E-state index contributed by atoms with van der Waals surface area (Å²) < 4.78 is 0. The largest absolute Gasteiger partial charge is 0.387 e. The van der Waals surface area contributed by atoms with E-state index in [0.29, 0.717) is 12.5 Å². The van der Waals surface area contributed by atoms with Gasteiger partial charge in [-0.2, -0.15) is 0 Å². The van der Waals surface area contributed by atoms with Gasteiger partial charge in [0.1, 0.15) is 0 Å². The van der Waals surface area contributed by atoms with Gasteiger partial charge in [-0.1, -0.05) is 44.2 Å². The number of aliphatic hydroxyl groups excluding tert-OH is 1. The van der Waals surface area contributed by atoms with Crippen molar-refractivity contribution >= 4 is 0 Å². The van der Waals surface area contributed by atoms with Gasteiger partial charge in [0.25, 0.3) is 0 Å². The number of rotatable bonds is 7. The Morgan fingerprint density at radius 2 is 1.83 bits per heavy atom. The summed E-state index contributed by atoms with van der Waals surface area (Å²) in [5.41, 5.74) is 2.29. The van der Waals surface area contributed by atoms with Crippen molar-refractivity contribution in [2.24, 2.45) is 5.92 Å². The highest BCUT2D eigenvalue weighted by Gasteiger charge is 2.08. The number of hydrogen-bond donors (Lipinski definition) is 2. The van der Waals surface area contributed by atoms with Crippen molar-refractivity contribution in [3.05, 3.63) is 48.0 Å². The minimum absolute atomic E-state index is 0.222. The lowest BCUT2D eigenvalue weighted by atomic mass is 10.0. The van der Waals surface area contributed by atoms with Crippen molar-refractivity contribution in [2.45, 2.75) is 39.3 Å². The average molecular weight is 247 g/mol. The fourth-order valence-electron chi connectivity index (χ4n) is 1.85. The molecule has 100 valence electrons. The number of nitrogens with one attached hydrogen (secondary N) is 1. The molecule has 2 nitrogen and oxygen atoms in total. The van der Waals surface area contributed by atoms with Crippen LogP contribution in [0.3, 0.4) is 0 Å². The Morgan fingerprint density at radius 1 is 1.22 bits per heavy atom. The SMILES string of the molecule is C=CC(C)NCC(O)c1ccc(CC(C)C)cc1. The van der Waals surface area contributed by atoms with Crippen LogP contribution in [0.1, 0.15) is 38.0 Å². The highest BCUT2D eigenvalue weighted by Crippen LogP contribution is 2.15. The first-order valence-corrected chi connectivity index (χ1v) is 6.65. The van der Waals surface area contributed by atoms with Crippen LogP contribution in [-0.2, 0) is 6.42 Å². The fourth-order valence-corrected chi connectivity index (χ4v) is 1.85. The predicted molar refractivity (Wildman–Crippen MR) is 77.6 cm³/mol. The van der Waals surface area contributed by atoms with Gasteiger partial charge in [-0.25, -0.2) is 0 Å². The Morgan fingerprint density at radius 3 is 2.33 bits per heavy atom. The number of benzene rings is 1. The highest BCUT2D eigenvalue weighted by atomic mass is 16.3. The average Bonchev–Trinajstić information content (AvgIpc) is 2.35. The van der Waals surface area contributed by atoms with Crippen LogP contribution in [0.25, 0.3) is 0 Å². The van der Waals surface area contributed by atoms with Crippen LogP contribution in [0, 0.1) is 5.92 Å². The van der Waals surface area contributed by atoms with Gasteiger partial charge in [-0.3, -0.25) is 0 Å². The van der Waals surface area contributed by atoms with Gasteiger partial charge in [0.05, 0.1) is 6.10 Å². The fraction of sp³-hybridized carbons (Fsp3) is 0.500. The van der Waals surface area contributed by atoms with Crippen LogP contribution >= 0.6 is 0 Å². The first kappa shape index (κ1) is 14.9. The number of aliphatic hydroxyl groups is 1. The van der Waals surface area contributed by atoms with Crippen LogP contribution in [0.5, 0.6) is 0 Å². The summed E-state index contributed by atoms with van der Waals surface area (Å²) >= 11 is 0. The van der Waals surface area contributed by atoms with E-state index in [2.05, 4.69) is 37.9 Å². The molecule has 0 aliphatic carbocycles. The highest BCUT2D eigenvalue weighted by molar-refractivity contribution is 5.24. The van der Waals surface area contributed by atoms with Gasteiger partial charge >= 0.3 is 0 Å². The summed E-state index contributed by atoms with van der Waals surface area (Å²) in [4.78, 5) is 0. The second kappa shape index (κ2) is 7.34. The lowest BCUT2D eigenvalue weighted by molar-refractivity contribution is 0.173. The van der Waals surface area contributed by atoms with Crippen LogP contribution in [0.15, 0.2) is 36.9 Å². The third-order valence-electron chi connectivity index (χ3n) is 3.00. The van der Waals surface area contributed by atoms with Crippen molar-refractivity contribution in [3.8, 4) is 0 Å². The van der Waals surface area contributed by atoms with E-state index in [1.807, 2.05) is 25.1 Å². The summed E-state index contributed by atoms with van der Waals surface area (Å²) in [5, 5.41) is 13.3. The lowest BCUT2D eigenvalue weighted by Crippen LogP contribution is -2.28. The van der Waals surface area contributed by atoms with E-state index >= 15 is 0 Å².